The van der Waals surface area contributed by atoms with Crippen LogP contribution in [0.25, 0.3) is 0 Å². The van der Waals surface area contributed by atoms with Crippen LogP contribution >= 0.6 is 0 Å². The Morgan fingerprint density at radius 3 is 2.96 bits per heavy atom. The first-order valence-corrected chi connectivity index (χ1v) is 8.88. The van der Waals surface area contributed by atoms with Crippen LogP contribution in [0.5, 0.6) is 0 Å². The van der Waals surface area contributed by atoms with Crippen LogP contribution < -0.4 is 10.6 Å². The Bertz CT molecular complexity index is 479. The topological polar surface area (TPSA) is 66.0 Å². The van der Waals surface area contributed by atoms with Gasteiger partial charge in [-0.3, -0.25) is 9.79 Å². The Hall–Kier alpha value is -1.66. The van der Waals surface area contributed by atoms with E-state index in [4.69, 9.17) is 4.74 Å². The Kier molecular flexibility index (Phi) is 7.98. The van der Waals surface area contributed by atoms with E-state index in [1.807, 2.05) is 0 Å². The lowest BCUT2D eigenvalue weighted by Gasteiger charge is -2.32. The molecule has 2 aliphatic rings. The van der Waals surface area contributed by atoms with Crippen LogP contribution in [0.15, 0.2) is 29.1 Å². The highest BCUT2D eigenvalue weighted by atomic mass is 16.5. The minimum Gasteiger partial charge on any atom is -0.492 e. The summed E-state index contributed by atoms with van der Waals surface area (Å²) in [5, 5.41) is 6.38. The number of aliphatic imine (C=N–C) groups is 1. The van der Waals surface area contributed by atoms with Gasteiger partial charge in [-0.2, -0.15) is 0 Å². The number of carbonyl (C=O) groups excluding carboxylic acids is 1. The number of amides is 1. The first kappa shape index (κ1) is 18.7. The second kappa shape index (κ2) is 10.3. The number of piperidine rings is 1. The lowest BCUT2D eigenvalue weighted by Crippen LogP contribution is -2.45. The van der Waals surface area contributed by atoms with Crippen LogP contribution in [0.4, 0.5) is 0 Å². The molecule has 24 heavy (non-hydrogen) atoms. The molecule has 2 heterocycles. The van der Waals surface area contributed by atoms with Gasteiger partial charge >= 0.3 is 0 Å². The Morgan fingerprint density at radius 2 is 2.29 bits per heavy atom. The van der Waals surface area contributed by atoms with Crippen molar-refractivity contribution in [1.82, 2.24) is 15.5 Å². The zero-order valence-electron chi connectivity index (χ0n) is 14.7. The van der Waals surface area contributed by atoms with E-state index >= 15 is 0 Å². The van der Waals surface area contributed by atoms with Gasteiger partial charge in [-0.1, -0.05) is 6.58 Å². The molecule has 0 radical (unpaired) electrons. The summed E-state index contributed by atoms with van der Waals surface area (Å²) >= 11 is 0. The summed E-state index contributed by atoms with van der Waals surface area (Å²) in [6, 6.07) is 0.513. The second-order valence-corrected chi connectivity index (χ2v) is 6.40. The third-order valence-electron chi connectivity index (χ3n) is 4.32. The van der Waals surface area contributed by atoms with Crippen molar-refractivity contribution in [2.45, 2.75) is 38.6 Å². The normalized spacial score (nSPS) is 19.8. The summed E-state index contributed by atoms with van der Waals surface area (Å²) in [6.07, 6.45) is 8.23. The van der Waals surface area contributed by atoms with E-state index in [1.54, 1.807) is 13.1 Å². The lowest BCUT2D eigenvalue weighted by atomic mass is 10.1. The molecular weight excluding hydrogens is 304 g/mol. The molecule has 1 amide bonds. The molecule has 0 aromatic rings. The van der Waals surface area contributed by atoms with Crippen LogP contribution in [0.3, 0.4) is 0 Å². The number of allylic oxidation sites excluding steroid dienone is 2. The summed E-state index contributed by atoms with van der Waals surface area (Å²) in [6.45, 7) is 10.8. The number of ether oxygens (including phenoxy) is 1. The highest BCUT2D eigenvalue weighted by Crippen LogP contribution is 2.11. The molecule has 0 atom stereocenters. The third kappa shape index (κ3) is 7.27. The molecule has 2 rings (SSSR count). The Labute approximate surface area is 145 Å². The summed E-state index contributed by atoms with van der Waals surface area (Å²) in [5.41, 5.74) is 0.832. The van der Waals surface area contributed by atoms with Crippen molar-refractivity contribution in [3.8, 4) is 0 Å². The van der Waals surface area contributed by atoms with Crippen LogP contribution in [0.1, 0.15) is 32.6 Å². The van der Waals surface area contributed by atoms with Crippen molar-refractivity contribution in [3.63, 3.8) is 0 Å². The molecule has 2 N–H and O–H groups in total. The first-order valence-electron chi connectivity index (χ1n) is 8.88. The maximum absolute atomic E-state index is 10.9. The molecule has 0 aliphatic carbocycles. The van der Waals surface area contributed by atoms with Crippen molar-refractivity contribution < 1.29 is 9.53 Å². The minimum atomic E-state index is 0.0417. The first-order chi connectivity index (χ1) is 11.6. The summed E-state index contributed by atoms with van der Waals surface area (Å²) < 4.78 is 5.50. The largest absolute Gasteiger partial charge is 0.492 e. The Morgan fingerprint density at radius 1 is 1.50 bits per heavy atom. The molecular formula is C18H30N4O2. The molecule has 6 heteroatoms. The maximum atomic E-state index is 10.9. The van der Waals surface area contributed by atoms with E-state index in [0.717, 1.165) is 69.9 Å². The van der Waals surface area contributed by atoms with Crippen molar-refractivity contribution in [2.75, 3.05) is 39.3 Å². The molecule has 0 aromatic heterocycles. The molecule has 1 fully saturated rings. The van der Waals surface area contributed by atoms with Gasteiger partial charge in [-0.05, 0) is 44.8 Å². The Balaban J connectivity index is 1.58. The number of likely N-dealkylation sites (tertiary alicyclic amines) is 1. The van der Waals surface area contributed by atoms with Gasteiger partial charge in [-0.15, -0.1) is 0 Å². The van der Waals surface area contributed by atoms with Gasteiger partial charge in [-0.25, -0.2) is 0 Å². The summed E-state index contributed by atoms with van der Waals surface area (Å²) in [4.78, 5) is 17.6. The molecule has 0 saturated carbocycles. The predicted molar refractivity (Wildman–Crippen MR) is 97.0 cm³/mol. The minimum absolute atomic E-state index is 0.0417. The third-order valence-corrected chi connectivity index (χ3v) is 4.32. The van der Waals surface area contributed by atoms with Gasteiger partial charge in [0, 0.05) is 38.3 Å². The van der Waals surface area contributed by atoms with E-state index < -0.39 is 0 Å². The van der Waals surface area contributed by atoms with Crippen molar-refractivity contribution in [3.05, 3.63) is 24.1 Å². The van der Waals surface area contributed by atoms with Crippen molar-refractivity contribution in [2.24, 2.45) is 4.99 Å². The zero-order chi connectivity index (χ0) is 17.2. The molecule has 6 nitrogen and oxygen atoms in total. The highest BCUT2D eigenvalue weighted by molar-refractivity contribution is 5.76. The van der Waals surface area contributed by atoms with Gasteiger partial charge in [0.25, 0.3) is 0 Å². The molecule has 0 bridgehead atoms. The van der Waals surface area contributed by atoms with Crippen molar-refractivity contribution in [1.29, 1.82) is 0 Å². The van der Waals surface area contributed by atoms with E-state index in [1.165, 1.54) is 0 Å². The van der Waals surface area contributed by atoms with Crippen molar-refractivity contribution >= 4 is 12.1 Å². The molecule has 1 saturated heterocycles. The van der Waals surface area contributed by atoms with E-state index in [0.29, 0.717) is 12.6 Å². The number of hydrogen-bond donors (Lipinski definition) is 2. The standard InChI is InChI=1S/C18H30N4O2/c1-15(20-14-18-5-3-4-12-24-18)13-21-17-6-9-22(10-7-17)11-8-19-16(2)23/h5,14,17,21H,1,3-4,6-13H2,2H3,(H,19,23)/b20-14-. The van der Waals surface area contributed by atoms with Gasteiger partial charge in [0.05, 0.1) is 12.8 Å². The van der Waals surface area contributed by atoms with Gasteiger partial charge in [0.15, 0.2) is 0 Å². The number of hydrogen-bond acceptors (Lipinski definition) is 5. The second-order valence-electron chi connectivity index (χ2n) is 6.40. The number of rotatable bonds is 8. The van der Waals surface area contributed by atoms with Gasteiger partial charge in [0.2, 0.25) is 5.91 Å². The summed E-state index contributed by atoms with van der Waals surface area (Å²) in [7, 11) is 0. The molecule has 0 unspecified atom stereocenters. The fourth-order valence-electron chi connectivity index (χ4n) is 2.88. The lowest BCUT2D eigenvalue weighted by molar-refractivity contribution is -0.119. The van der Waals surface area contributed by atoms with Crippen LogP contribution in [0, 0.1) is 0 Å². The van der Waals surface area contributed by atoms with Crippen LogP contribution in [-0.2, 0) is 9.53 Å². The monoisotopic (exact) mass is 334 g/mol. The van der Waals surface area contributed by atoms with Gasteiger partial charge in [0.1, 0.15) is 5.76 Å². The van der Waals surface area contributed by atoms with E-state index in [-0.39, 0.29) is 5.91 Å². The molecule has 0 spiro atoms. The zero-order valence-corrected chi connectivity index (χ0v) is 14.7. The van der Waals surface area contributed by atoms with E-state index in [9.17, 15) is 4.79 Å². The average molecular weight is 334 g/mol. The molecule has 0 aromatic carbocycles. The number of nitrogens with one attached hydrogen (secondary N) is 2. The van der Waals surface area contributed by atoms with E-state index in [2.05, 4.69) is 33.2 Å². The predicted octanol–water partition coefficient (Wildman–Crippen LogP) is 1.46. The molecule has 2 aliphatic heterocycles. The summed E-state index contributed by atoms with van der Waals surface area (Å²) in [5.74, 6) is 0.898. The SMILES string of the molecule is C=C(CNC1CCN(CCNC(C)=O)CC1)/N=C\C1=CCCCO1. The smallest absolute Gasteiger partial charge is 0.216 e. The molecule has 134 valence electrons. The fraction of sp³-hybridized carbons (Fsp3) is 0.667. The van der Waals surface area contributed by atoms with Gasteiger partial charge < -0.3 is 20.3 Å². The fourth-order valence-corrected chi connectivity index (χ4v) is 2.88. The maximum Gasteiger partial charge on any atom is 0.216 e. The number of nitrogens with zero attached hydrogens (tertiary/aromatic N) is 2. The van der Waals surface area contributed by atoms with Crippen LogP contribution in [0.2, 0.25) is 0 Å². The van der Waals surface area contributed by atoms with Crippen LogP contribution in [-0.4, -0.2) is 62.4 Å². The number of carbonyl (C=O) groups is 1. The quantitative estimate of drug-likeness (QED) is 0.660. The average Bonchev–Trinajstić information content (AvgIpc) is 2.60. The highest BCUT2D eigenvalue weighted by Gasteiger charge is 2.18.